The molecule has 136 valence electrons. The number of aliphatic hydroxyl groups excluding tert-OH is 1. The molecule has 24 heavy (non-hydrogen) atoms. The number of carboxylic acids is 1. The molecule has 0 aromatic carbocycles. The second-order valence-electron chi connectivity index (χ2n) is 6.31. The standard InChI is InChI=1S/C17H26O7/c1-11(18)6-5-7-16(21)22-12(2)10-14-13(8-9-15(19)20)23-17(3,4)24-14/h5,7-9,11-14,18H,6,10H2,1-4H3,(H,19,20)/b7-5+,9-8+/t11-,12-,13-,14-/m1/s1. The lowest BCUT2D eigenvalue weighted by Crippen LogP contribution is -2.27. The number of carbonyl (C=O) groups is 2. The van der Waals surface area contributed by atoms with Gasteiger partial charge in [-0.3, -0.25) is 0 Å². The smallest absolute Gasteiger partial charge is 0.330 e. The third kappa shape index (κ3) is 7.72. The highest BCUT2D eigenvalue weighted by atomic mass is 16.8. The molecular weight excluding hydrogens is 316 g/mol. The van der Waals surface area contributed by atoms with Crippen molar-refractivity contribution in [1.82, 2.24) is 0 Å². The van der Waals surface area contributed by atoms with Gasteiger partial charge in [0.1, 0.15) is 12.2 Å². The minimum absolute atomic E-state index is 0.369. The van der Waals surface area contributed by atoms with Crippen LogP contribution >= 0.6 is 0 Å². The number of aliphatic carboxylic acids is 1. The van der Waals surface area contributed by atoms with E-state index in [1.54, 1.807) is 33.8 Å². The molecule has 0 radical (unpaired) electrons. The van der Waals surface area contributed by atoms with Gasteiger partial charge in [0.15, 0.2) is 5.79 Å². The second-order valence-corrected chi connectivity index (χ2v) is 6.31. The summed E-state index contributed by atoms with van der Waals surface area (Å²) >= 11 is 0. The van der Waals surface area contributed by atoms with Gasteiger partial charge in [0.05, 0.1) is 12.2 Å². The van der Waals surface area contributed by atoms with Crippen molar-refractivity contribution in [3.8, 4) is 0 Å². The van der Waals surface area contributed by atoms with Gasteiger partial charge in [0, 0.05) is 18.6 Å². The third-order valence-corrected chi connectivity index (χ3v) is 3.26. The van der Waals surface area contributed by atoms with Crippen LogP contribution in [0.4, 0.5) is 0 Å². The Balaban J connectivity index is 2.56. The minimum Gasteiger partial charge on any atom is -0.478 e. The Hall–Kier alpha value is -1.70. The molecule has 1 fully saturated rings. The molecule has 0 bridgehead atoms. The first-order valence-electron chi connectivity index (χ1n) is 7.91. The van der Waals surface area contributed by atoms with Crippen molar-refractivity contribution in [3.63, 3.8) is 0 Å². The third-order valence-electron chi connectivity index (χ3n) is 3.26. The van der Waals surface area contributed by atoms with E-state index in [4.69, 9.17) is 24.4 Å². The SMILES string of the molecule is C[C@H](C[C@H]1OC(C)(C)O[C@@H]1/C=C/C(=O)O)OC(=O)/C=C/C[C@@H](C)O. The van der Waals surface area contributed by atoms with Crippen LogP contribution in [-0.2, 0) is 23.8 Å². The number of hydrogen-bond acceptors (Lipinski definition) is 6. The number of esters is 1. The molecule has 0 saturated carbocycles. The van der Waals surface area contributed by atoms with E-state index in [0.717, 1.165) is 6.08 Å². The first kappa shape index (κ1) is 20.3. The van der Waals surface area contributed by atoms with Crippen LogP contribution in [0.3, 0.4) is 0 Å². The van der Waals surface area contributed by atoms with Crippen molar-refractivity contribution >= 4 is 11.9 Å². The molecule has 0 aromatic rings. The summed E-state index contributed by atoms with van der Waals surface area (Å²) < 4.78 is 16.7. The number of carboxylic acid groups (broad SMARTS) is 1. The lowest BCUT2D eigenvalue weighted by molar-refractivity contribution is -0.151. The molecule has 0 unspecified atom stereocenters. The van der Waals surface area contributed by atoms with Crippen LogP contribution in [0.1, 0.15) is 40.5 Å². The van der Waals surface area contributed by atoms with Crippen molar-refractivity contribution in [2.45, 2.75) is 70.7 Å². The molecule has 7 heteroatoms. The predicted octanol–water partition coefficient (Wildman–Crippen LogP) is 1.80. The fourth-order valence-electron chi connectivity index (χ4n) is 2.36. The van der Waals surface area contributed by atoms with E-state index in [1.165, 1.54) is 12.2 Å². The van der Waals surface area contributed by atoms with Crippen LogP contribution in [0.2, 0.25) is 0 Å². The maximum absolute atomic E-state index is 11.7. The van der Waals surface area contributed by atoms with E-state index in [1.807, 2.05) is 0 Å². The second kappa shape index (κ2) is 8.96. The van der Waals surface area contributed by atoms with Gasteiger partial charge in [-0.2, -0.15) is 0 Å². The Morgan fingerprint density at radius 2 is 1.92 bits per heavy atom. The summed E-state index contributed by atoms with van der Waals surface area (Å²) in [6, 6.07) is 0. The first-order chi connectivity index (χ1) is 11.1. The lowest BCUT2D eigenvalue weighted by atomic mass is 10.1. The molecule has 0 aliphatic carbocycles. The zero-order valence-corrected chi connectivity index (χ0v) is 14.5. The van der Waals surface area contributed by atoms with E-state index in [2.05, 4.69) is 0 Å². The molecule has 1 aliphatic heterocycles. The summed E-state index contributed by atoms with van der Waals surface area (Å²) in [4.78, 5) is 22.3. The Labute approximate surface area is 141 Å². The Morgan fingerprint density at radius 3 is 2.50 bits per heavy atom. The highest BCUT2D eigenvalue weighted by Crippen LogP contribution is 2.31. The highest BCUT2D eigenvalue weighted by Gasteiger charge is 2.40. The van der Waals surface area contributed by atoms with Crippen LogP contribution in [0.25, 0.3) is 0 Å². The van der Waals surface area contributed by atoms with Crippen molar-refractivity contribution < 1.29 is 34.0 Å². The quantitative estimate of drug-likeness (QED) is 0.512. The number of aliphatic hydroxyl groups is 1. The zero-order chi connectivity index (χ0) is 18.3. The number of ether oxygens (including phenoxy) is 3. The molecule has 0 spiro atoms. The average molecular weight is 342 g/mol. The van der Waals surface area contributed by atoms with E-state index >= 15 is 0 Å². The van der Waals surface area contributed by atoms with Crippen molar-refractivity contribution in [2.24, 2.45) is 0 Å². The van der Waals surface area contributed by atoms with Gasteiger partial charge in [-0.25, -0.2) is 9.59 Å². The molecule has 7 nitrogen and oxygen atoms in total. The monoisotopic (exact) mass is 342 g/mol. The summed E-state index contributed by atoms with van der Waals surface area (Å²) in [5.41, 5.74) is 0. The van der Waals surface area contributed by atoms with Crippen LogP contribution in [-0.4, -0.2) is 52.4 Å². The Morgan fingerprint density at radius 1 is 1.25 bits per heavy atom. The number of carbonyl (C=O) groups excluding carboxylic acids is 1. The topological polar surface area (TPSA) is 102 Å². The fraction of sp³-hybridized carbons (Fsp3) is 0.647. The highest BCUT2D eigenvalue weighted by molar-refractivity contribution is 5.82. The average Bonchev–Trinajstić information content (AvgIpc) is 2.69. The molecule has 0 aromatic heterocycles. The van der Waals surface area contributed by atoms with Gasteiger partial charge in [0.25, 0.3) is 0 Å². The van der Waals surface area contributed by atoms with Gasteiger partial charge in [-0.1, -0.05) is 6.08 Å². The van der Waals surface area contributed by atoms with Crippen molar-refractivity contribution in [3.05, 3.63) is 24.3 Å². The van der Waals surface area contributed by atoms with E-state index < -0.39 is 42.1 Å². The predicted molar refractivity (Wildman–Crippen MR) is 86.2 cm³/mol. The lowest BCUT2D eigenvalue weighted by Gasteiger charge is -2.19. The summed E-state index contributed by atoms with van der Waals surface area (Å²) in [5, 5.41) is 17.9. The van der Waals surface area contributed by atoms with Crippen LogP contribution < -0.4 is 0 Å². The molecule has 2 N–H and O–H groups in total. The normalized spacial score (nSPS) is 25.9. The minimum atomic E-state index is -1.07. The van der Waals surface area contributed by atoms with Gasteiger partial charge in [0.2, 0.25) is 0 Å². The summed E-state index contributed by atoms with van der Waals surface area (Å²) in [7, 11) is 0. The van der Waals surface area contributed by atoms with Crippen LogP contribution in [0.5, 0.6) is 0 Å². The fourth-order valence-corrected chi connectivity index (χ4v) is 2.36. The molecule has 1 heterocycles. The number of rotatable bonds is 8. The van der Waals surface area contributed by atoms with Gasteiger partial charge >= 0.3 is 11.9 Å². The van der Waals surface area contributed by atoms with E-state index in [-0.39, 0.29) is 0 Å². The summed E-state index contributed by atoms with van der Waals surface area (Å²) in [5.74, 6) is -2.40. The Bertz CT molecular complexity index is 493. The molecular formula is C17H26O7. The van der Waals surface area contributed by atoms with E-state index in [0.29, 0.717) is 12.8 Å². The zero-order valence-electron chi connectivity index (χ0n) is 14.5. The van der Waals surface area contributed by atoms with E-state index in [9.17, 15) is 9.59 Å². The first-order valence-corrected chi connectivity index (χ1v) is 7.91. The summed E-state index contributed by atoms with van der Waals surface area (Å²) in [6.07, 6.45) is 4.13. The maximum Gasteiger partial charge on any atom is 0.330 e. The molecule has 4 atom stereocenters. The van der Waals surface area contributed by atoms with Crippen LogP contribution in [0.15, 0.2) is 24.3 Å². The largest absolute Gasteiger partial charge is 0.478 e. The molecule has 0 amide bonds. The molecule has 1 saturated heterocycles. The van der Waals surface area contributed by atoms with Gasteiger partial charge < -0.3 is 24.4 Å². The molecule has 1 aliphatic rings. The summed E-state index contributed by atoms with van der Waals surface area (Å²) in [6.45, 7) is 6.84. The maximum atomic E-state index is 11.7. The Kier molecular flexibility index (Phi) is 7.59. The molecule has 1 rings (SSSR count). The van der Waals surface area contributed by atoms with Crippen LogP contribution in [0, 0.1) is 0 Å². The van der Waals surface area contributed by atoms with Gasteiger partial charge in [-0.05, 0) is 40.2 Å². The van der Waals surface area contributed by atoms with Crippen molar-refractivity contribution in [1.29, 1.82) is 0 Å². The van der Waals surface area contributed by atoms with Gasteiger partial charge in [-0.15, -0.1) is 0 Å². The van der Waals surface area contributed by atoms with Crippen molar-refractivity contribution in [2.75, 3.05) is 0 Å². The number of hydrogen-bond donors (Lipinski definition) is 2.